The summed E-state index contributed by atoms with van der Waals surface area (Å²) >= 11 is 0. The average Bonchev–Trinajstić information content (AvgIpc) is 3.02. The molecule has 1 aliphatic heterocycles. The summed E-state index contributed by atoms with van der Waals surface area (Å²) in [7, 11) is 0. The molecule has 1 unspecified atom stereocenters. The van der Waals surface area contributed by atoms with Crippen LogP contribution in [-0.4, -0.2) is 45.5 Å². The molecule has 1 saturated heterocycles. The van der Waals surface area contributed by atoms with Crippen LogP contribution < -0.4 is 10.2 Å². The van der Waals surface area contributed by atoms with Crippen molar-refractivity contribution in [3.8, 4) is 5.82 Å². The van der Waals surface area contributed by atoms with Crippen molar-refractivity contribution in [2.45, 2.75) is 26.7 Å². The van der Waals surface area contributed by atoms with Crippen molar-refractivity contribution in [1.82, 2.24) is 25.3 Å². The van der Waals surface area contributed by atoms with Crippen molar-refractivity contribution >= 4 is 11.7 Å². The number of hydrogen-bond acceptors (Lipinski definition) is 5. The molecule has 2 aromatic rings. The summed E-state index contributed by atoms with van der Waals surface area (Å²) in [5.74, 6) is 1.67. The van der Waals surface area contributed by atoms with Crippen molar-refractivity contribution < 1.29 is 4.79 Å². The van der Waals surface area contributed by atoms with E-state index in [1.807, 2.05) is 38.2 Å². The first-order valence-corrected chi connectivity index (χ1v) is 8.06. The van der Waals surface area contributed by atoms with E-state index in [0.717, 1.165) is 30.9 Å². The molecular weight excluding hydrogens is 292 g/mol. The number of hydrogen-bond donors (Lipinski definition) is 1. The number of carbonyl (C=O) groups is 1. The largest absolute Gasteiger partial charge is 0.356 e. The molecule has 7 nitrogen and oxygen atoms in total. The predicted octanol–water partition coefficient (Wildman–Crippen LogP) is 1.32. The fraction of sp³-hybridized carbons (Fsp3) is 0.500. The van der Waals surface area contributed by atoms with E-state index < -0.39 is 0 Å². The first kappa shape index (κ1) is 15.5. The standard InChI is InChI=1S/C16H22N6O/c1-3-17-16(23)13-5-4-9-21(11-13)14-6-7-15(19-18-14)22-10-8-12(2)20-22/h6-8,10,13H,3-5,9,11H2,1-2H3,(H,17,23). The monoisotopic (exact) mass is 314 g/mol. The van der Waals surface area contributed by atoms with Gasteiger partial charge in [0.05, 0.1) is 11.6 Å². The van der Waals surface area contributed by atoms with Crippen LogP contribution in [0.2, 0.25) is 0 Å². The van der Waals surface area contributed by atoms with E-state index in [1.54, 1.807) is 4.68 Å². The summed E-state index contributed by atoms with van der Waals surface area (Å²) in [6.07, 6.45) is 3.79. The number of aromatic nitrogens is 4. The Morgan fingerprint density at radius 1 is 1.30 bits per heavy atom. The van der Waals surface area contributed by atoms with E-state index >= 15 is 0 Å². The zero-order valence-electron chi connectivity index (χ0n) is 13.6. The Morgan fingerprint density at radius 3 is 2.74 bits per heavy atom. The molecule has 0 radical (unpaired) electrons. The molecule has 1 N–H and O–H groups in total. The van der Waals surface area contributed by atoms with Crippen molar-refractivity contribution in [1.29, 1.82) is 0 Å². The maximum atomic E-state index is 12.0. The lowest BCUT2D eigenvalue weighted by molar-refractivity contribution is -0.125. The van der Waals surface area contributed by atoms with Crippen LogP contribution in [-0.2, 0) is 4.79 Å². The molecule has 0 bridgehead atoms. The smallest absolute Gasteiger partial charge is 0.224 e. The molecule has 3 rings (SSSR count). The van der Waals surface area contributed by atoms with Gasteiger partial charge in [-0.3, -0.25) is 4.79 Å². The first-order valence-electron chi connectivity index (χ1n) is 8.06. The van der Waals surface area contributed by atoms with Gasteiger partial charge in [0, 0.05) is 25.8 Å². The Morgan fingerprint density at radius 2 is 2.09 bits per heavy atom. The topological polar surface area (TPSA) is 75.9 Å². The second-order valence-electron chi connectivity index (χ2n) is 5.83. The van der Waals surface area contributed by atoms with Crippen LogP contribution in [0, 0.1) is 12.8 Å². The van der Waals surface area contributed by atoms with Crippen LogP contribution in [0.4, 0.5) is 5.82 Å². The highest BCUT2D eigenvalue weighted by atomic mass is 16.1. The number of carbonyl (C=O) groups excluding carboxylic acids is 1. The fourth-order valence-electron chi connectivity index (χ4n) is 2.87. The van der Waals surface area contributed by atoms with Gasteiger partial charge < -0.3 is 10.2 Å². The number of piperidine rings is 1. The minimum absolute atomic E-state index is 0.0268. The number of nitrogens with one attached hydrogen (secondary N) is 1. The lowest BCUT2D eigenvalue weighted by Gasteiger charge is -2.32. The highest BCUT2D eigenvalue weighted by Gasteiger charge is 2.26. The minimum Gasteiger partial charge on any atom is -0.356 e. The van der Waals surface area contributed by atoms with Crippen LogP contribution in [0.3, 0.4) is 0 Å². The molecule has 1 aliphatic rings. The minimum atomic E-state index is 0.0268. The maximum Gasteiger partial charge on any atom is 0.224 e. The summed E-state index contributed by atoms with van der Waals surface area (Å²) in [6.45, 7) is 6.16. The van der Waals surface area contributed by atoms with Gasteiger partial charge in [0.25, 0.3) is 0 Å². The Labute approximate surface area is 135 Å². The number of nitrogens with zero attached hydrogens (tertiary/aromatic N) is 5. The highest BCUT2D eigenvalue weighted by Crippen LogP contribution is 2.21. The van der Waals surface area contributed by atoms with Gasteiger partial charge >= 0.3 is 0 Å². The number of anilines is 1. The molecule has 1 fully saturated rings. The number of aryl methyl sites for hydroxylation is 1. The Bertz CT molecular complexity index is 665. The molecule has 1 amide bonds. The summed E-state index contributed by atoms with van der Waals surface area (Å²) in [4.78, 5) is 14.2. The summed E-state index contributed by atoms with van der Waals surface area (Å²) in [6, 6.07) is 5.78. The summed E-state index contributed by atoms with van der Waals surface area (Å²) in [5.41, 5.74) is 0.941. The zero-order chi connectivity index (χ0) is 16.2. The number of rotatable bonds is 4. The molecule has 23 heavy (non-hydrogen) atoms. The van der Waals surface area contributed by atoms with Crippen molar-refractivity contribution in [2.75, 3.05) is 24.5 Å². The third-order valence-electron chi connectivity index (χ3n) is 4.06. The molecule has 0 aliphatic carbocycles. The van der Waals surface area contributed by atoms with E-state index in [4.69, 9.17) is 0 Å². The Hall–Kier alpha value is -2.44. The normalized spacial score (nSPS) is 18.0. The van der Waals surface area contributed by atoms with Crippen LogP contribution in [0.15, 0.2) is 24.4 Å². The Balaban J connectivity index is 1.70. The van der Waals surface area contributed by atoms with Crippen LogP contribution in [0.1, 0.15) is 25.5 Å². The van der Waals surface area contributed by atoms with Gasteiger partial charge in [-0.1, -0.05) is 0 Å². The predicted molar refractivity (Wildman–Crippen MR) is 87.5 cm³/mol. The first-order chi connectivity index (χ1) is 11.2. The van der Waals surface area contributed by atoms with Gasteiger partial charge in [0.15, 0.2) is 11.6 Å². The van der Waals surface area contributed by atoms with E-state index in [0.29, 0.717) is 18.9 Å². The average molecular weight is 314 g/mol. The van der Waals surface area contributed by atoms with E-state index in [9.17, 15) is 4.79 Å². The van der Waals surface area contributed by atoms with Gasteiger partial charge in [-0.05, 0) is 44.9 Å². The van der Waals surface area contributed by atoms with Crippen LogP contribution in [0.25, 0.3) is 5.82 Å². The SMILES string of the molecule is CCNC(=O)C1CCCN(c2ccc(-n3ccc(C)n3)nn2)C1. The summed E-state index contributed by atoms with van der Waals surface area (Å²) < 4.78 is 1.71. The molecule has 0 aromatic carbocycles. The molecule has 1 atom stereocenters. The molecular formula is C16H22N6O. The van der Waals surface area contributed by atoms with Crippen molar-refractivity contribution in [3.05, 3.63) is 30.1 Å². The fourth-order valence-corrected chi connectivity index (χ4v) is 2.87. The van der Waals surface area contributed by atoms with Crippen molar-refractivity contribution in [2.24, 2.45) is 5.92 Å². The summed E-state index contributed by atoms with van der Waals surface area (Å²) in [5, 5.41) is 15.8. The second-order valence-corrected chi connectivity index (χ2v) is 5.83. The molecule has 0 spiro atoms. The molecule has 2 aromatic heterocycles. The van der Waals surface area contributed by atoms with E-state index in [2.05, 4.69) is 25.5 Å². The quantitative estimate of drug-likeness (QED) is 0.921. The molecule has 0 saturated carbocycles. The van der Waals surface area contributed by atoms with Crippen LogP contribution in [0.5, 0.6) is 0 Å². The van der Waals surface area contributed by atoms with Gasteiger partial charge in [-0.15, -0.1) is 10.2 Å². The lowest BCUT2D eigenvalue weighted by atomic mass is 9.97. The van der Waals surface area contributed by atoms with Gasteiger partial charge in [-0.25, -0.2) is 4.68 Å². The third-order valence-corrected chi connectivity index (χ3v) is 4.06. The van der Waals surface area contributed by atoms with E-state index in [1.165, 1.54) is 0 Å². The second kappa shape index (κ2) is 6.76. The zero-order valence-corrected chi connectivity index (χ0v) is 13.6. The molecule has 3 heterocycles. The van der Waals surface area contributed by atoms with Gasteiger partial charge in [-0.2, -0.15) is 5.10 Å². The van der Waals surface area contributed by atoms with Crippen LogP contribution >= 0.6 is 0 Å². The maximum absolute atomic E-state index is 12.0. The molecule has 7 heteroatoms. The van der Waals surface area contributed by atoms with Crippen molar-refractivity contribution in [3.63, 3.8) is 0 Å². The van der Waals surface area contributed by atoms with Gasteiger partial charge in [0.2, 0.25) is 5.91 Å². The highest BCUT2D eigenvalue weighted by molar-refractivity contribution is 5.79. The Kier molecular flexibility index (Phi) is 4.55. The third kappa shape index (κ3) is 3.49. The lowest BCUT2D eigenvalue weighted by Crippen LogP contribution is -2.43. The molecule has 122 valence electrons. The number of amides is 1. The van der Waals surface area contributed by atoms with Gasteiger partial charge in [0.1, 0.15) is 0 Å². The van der Waals surface area contributed by atoms with E-state index in [-0.39, 0.29) is 11.8 Å².